The highest BCUT2D eigenvalue weighted by atomic mass is 32.2. The molecule has 30 heavy (non-hydrogen) atoms. The maximum atomic E-state index is 13.2. The van der Waals surface area contributed by atoms with Crippen LogP contribution in [0.25, 0.3) is 0 Å². The van der Waals surface area contributed by atoms with Crippen LogP contribution >= 0.6 is 0 Å². The normalized spacial score (nSPS) is 11.4. The minimum absolute atomic E-state index is 0.113. The van der Waals surface area contributed by atoms with Crippen molar-refractivity contribution in [3.63, 3.8) is 0 Å². The topological polar surface area (TPSA) is 78.8 Å². The minimum atomic E-state index is -3.93. The first kappa shape index (κ1) is 21.3. The third-order valence-electron chi connectivity index (χ3n) is 4.39. The Morgan fingerprint density at radius 3 is 2.30 bits per heavy atom. The molecule has 0 atom stereocenters. The fourth-order valence-corrected chi connectivity index (χ4v) is 4.25. The van der Waals surface area contributed by atoms with Crippen LogP contribution in [0.15, 0.2) is 88.9 Å². The summed E-state index contributed by atoms with van der Waals surface area (Å²) in [6, 6.07) is 22.7. The smallest absolute Gasteiger partial charge is 0.264 e. The number of hydrogen-bond acceptors (Lipinski definition) is 4. The molecule has 0 radical (unpaired) electrons. The lowest BCUT2D eigenvalue weighted by atomic mass is 10.2. The Morgan fingerprint density at radius 2 is 1.63 bits per heavy atom. The van der Waals surface area contributed by atoms with Crippen molar-refractivity contribution in [1.82, 2.24) is 5.43 Å². The van der Waals surface area contributed by atoms with Crippen LogP contribution in [0.5, 0.6) is 0 Å². The van der Waals surface area contributed by atoms with Crippen LogP contribution < -0.4 is 9.73 Å². The molecule has 0 aliphatic rings. The van der Waals surface area contributed by atoms with E-state index >= 15 is 0 Å². The summed E-state index contributed by atoms with van der Waals surface area (Å²) in [5, 5.41) is 3.94. The van der Waals surface area contributed by atoms with Gasteiger partial charge < -0.3 is 0 Å². The molecule has 0 heterocycles. The predicted octanol–water partition coefficient (Wildman–Crippen LogP) is 3.65. The highest BCUT2D eigenvalue weighted by Crippen LogP contribution is 2.24. The summed E-state index contributed by atoms with van der Waals surface area (Å²) in [4.78, 5) is 12.6. The zero-order valence-electron chi connectivity index (χ0n) is 16.8. The first-order valence-corrected chi connectivity index (χ1v) is 10.8. The average Bonchev–Trinajstić information content (AvgIpc) is 2.74. The van der Waals surface area contributed by atoms with Gasteiger partial charge in [0.2, 0.25) is 0 Å². The first-order valence-electron chi connectivity index (χ1n) is 9.39. The van der Waals surface area contributed by atoms with Crippen molar-refractivity contribution in [2.24, 2.45) is 5.10 Å². The fraction of sp³-hybridized carbons (Fsp3) is 0.130. The van der Waals surface area contributed by atoms with Gasteiger partial charge in [0.25, 0.3) is 15.9 Å². The summed E-state index contributed by atoms with van der Waals surface area (Å²) in [5.74, 6) is -0.542. The summed E-state index contributed by atoms with van der Waals surface area (Å²) < 4.78 is 27.5. The lowest BCUT2D eigenvalue weighted by Crippen LogP contribution is -2.39. The van der Waals surface area contributed by atoms with Gasteiger partial charge in [-0.3, -0.25) is 9.10 Å². The molecule has 3 aromatic carbocycles. The summed E-state index contributed by atoms with van der Waals surface area (Å²) in [5.41, 5.74) is 5.66. The van der Waals surface area contributed by atoms with Crippen LogP contribution in [-0.4, -0.2) is 27.1 Å². The van der Waals surface area contributed by atoms with Gasteiger partial charge in [0.1, 0.15) is 6.54 Å². The lowest BCUT2D eigenvalue weighted by Gasteiger charge is -2.24. The molecule has 3 rings (SSSR count). The van der Waals surface area contributed by atoms with Crippen LogP contribution in [0.1, 0.15) is 16.7 Å². The average molecular weight is 422 g/mol. The number of rotatable bonds is 7. The Hall–Kier alpha value is -3.45. The molecule has 0 aliphatic heterocycles. The molecule has 1 amide bonds. The summed E-state index contributed by atoms with van der Waals surface area (Å²) in [7, 11) is -3.93. The van der Waals surface area contributed by atoms with Crippen LogP contribution in [0, 0.1) is 13.8 Å². The molecule has 0 spiro atoms. The number of aryl methyl sites for hydroxylation is 2. The number of amides is 1. The molecule has 0 aliphatic carbocycles. The van der Waals surface area contributed by atoms with Crippen molar-refractivity contribution in [1.29, 1.82) is 0 Å². The van der Waals surface area contributed by atoms with Gasteiger partial charge in [0, 0.05) is 0 Å². The maximum absolute atomic E-state index is 13.2. The molecular weight excluding hydrogens is 398 g/mol. The molecule has 6 nitrogen and oxygen atoms in total. The molecule has 0 saturated heterocycles. The molecule has 0 unspecified atom stereocenters. The molecule has 0 aromatic heterocycles. The third-order valence-corrected chi connectivity index (χ3v) is 6.18. The van der Waals surface area contributed by atoms with Crippen molar-refractivity contribution < 1.29 is 13.2 Å². The van der Waals surface area contributed by atoms with E-state index in [0.717, 1.165) is 21.0 Å². The van der Waals surface area contributed by atoms with Gasteiger partial charge >= 0.3 is 0 Å². The second-order valence-electron chi connectivity index (χ2n) is 6.87. The Kier molecular flexibility index (Phi) is 6.64. The first-order chi connectivity index (χ1) is 14.4. The van der Waals surface area contributed by atoms with E-state index < -0.39 is 22.5 Å². The molecule has 1 N–H and O–H groups in total. The molecule has 0 fully saturated rings. The second kappa shape index (κ2) is 9.37. The molecule has 0 bridgehead atoms. The van der Waals surface area contributed by atoms with Crippen molar-refractivity contribution in [2.45, 2.75) is 18.7 Å². The van der Waals surface area contributed by atoms with E-state index in [1.165, 1.54) is 18.3 Å². The minimum Gasteiger partial charge on any atom is -0.271 e. The number of carbonyl (C=O) groups is 1. The molecule has 0 saturated carbocycles. The zero-order chi connectivity index (χ0) is 21.6. The van der Waals surface area contributed by atoms with Gasteiger partial charge in [-0.25, -0.2) is 13.8 Å². The highest BCUT2D eigenvalue weighted by molar-refractivity contribution is 7.92. The molecule has 154 valence electrons. The maximum Gasteiger partial charge on any atom is 0.264 e. The number of nitrogens with zero attached hydrogens (tertiary/aromatic N) is 2. The van der Waals surface area contributed by atoms with Gasteiger partial charge in [0.05, 0.1) is 16.8 Å². The van der Waals surface area contributed by atoms with E-state index in [0.29, 0.717) is 5.69 Å². The van der Waals surface area contributed by atoms with Gasteiger partial charge in [-0.05, 0) is 49.2 Å². The zero-order valence-corrected chi connectivity index (χ0v) is 17.6. The number of hydrogen-bond donors (Lipinski definition) is 1. The second-order valence-corrected chi connectivity index (χ2v) is 8.73. The SMILES string of the molecule is Cc1ccc(/C=N\NC(=O)CN(c2cccc(C)c2)S(=O)(=O)c2ccccc2)cc1. The van der Waals surface area contributed by atoms with Crippen LogP contribution in [0.2, 0.25) is 0 Å². The third kappa shape index (κ3) is 5.33. The van der Waals surface area contributed by atoms with Crippen LogP contribution in [0.4, 0.5) is 5.69 Å². The lowest BCUT2D eigenvalue weighted by molar-refractivity contribution is -0.119. The van der Waals surface area contributed by atoms with Gasteiger partial charge in [0.15, 0.2) is 0 Å². The Bertz CT molecular complexity index is 1140. The summed E-state index contributed by atoms with van der Waals surface area (Å²) in [6.07, 6.45) is 1.51. The van der Waals surface area contributed by atoms with E-state index in [4.69, 9.17) is 0 Å². The van der Waals surface area contributed by atoms with Gasteiger partial charge in [-0.15, -0.1) is 0 Å². The Labute approximate surface area is 176 Å². The largest absolute Gasteiger partial charge is 0.271 e. The van der Waals surface area contributed by atoms with E-state index in [9.17, 15) is 13.2 Å². The number of nitrogens with one attached hydrogen (secondary N) is 1. The van der Waals surface area contributed by atoms with E-state index in [-0.39, 0.29) is 4.90 Å². The number of hydrazone groups is 1. The highest BCUT2D eigenvalue weighted by Gasteiger charge is 2.27. The Balaban J connectivity index is 1.82. The molecular formula is C23H23N3O3S. The predicted molar refractivity (Wildman–Crippen MR) is 119 cm³/mol. The quantitative estimate of drug-likeness (QED) is 0.467. The van der Waals surface area contributed by atoms with Crippen molar-refractivity contribution in [2.75, 3.05) is 10.8 Å². The van der Waals surface area contributed by atoms with Crippen LogP contribution in [0.3, 0.4) is 0 Å². The van der Waals surface area contributed by atoms with E-state index in [1.807, 2.05) is 44.2 Å². The van der Waals surface area contributed by atoms with Crippen molar-refractivity contribution in [3.05, 3.63) is 95.6 Å². The molecule has 3 aromatic rings. The summed E-state index contributed by atoms with van der Waals surface area (Å²) >= 11 is 0. The van der Waals surface area contributed by atoms with Gasteiger partial charge in [-0.2, -0.15) is 5.10 Å². The van der Waals surface area contributed by atoms with Crippen molar-refractivity contribution >= 4 is 27.8 Å². The van der Waals surface area contributed by atoms with E-state index in [1.54, 1.807) is 36.4 Å². The summed E-state index contributed by atoms with van der Waals surface area (Å²) in [6.45, 7) is 3.45. The van der Waals surface area contributed by atoms with E-state index in [2.05, 4.69) is 10.5 Å². The van der Waals surface area contributed by atoms with Gasteiger partial charge in [-0.1, -0.05) is 60.2 Å². The number of sulfonamides is 1. The monoisotopic (exact) mass is 421 g/mol. The fourth-order valence-electron chi connectivity index (χ4n) is 2.81. The Morgan fingerprint density at radius 1 is 0.933 bits per heavy atom. The standard InChI is InChI=1S/C23H23N3O3S/c1-18-11-13-20(14-12-18)16-24-25-23(27)17-26(21-8-6-7-19(2)15-21)30(28,29)22-9-4-3-5-10-22/h3-16H,17H2,1-2H3,(H,25,27)/b24-16-. The number of anilines is 1. The van der Waals surface area contributed by atoms with Crippen LogP contribution in [-0.2, 0) is 14.8 Å². The number of benzene rings is 3. The number of carbonyl (C=O) groups excluding carboxylic acids is 1. The molecule has 7 heteroatoms. The van der Waals surface area contributed by atoms with Crippen molar-refractivity contribution in [3.8, 4) is 0 Å².